The zero-order valence-corrected chi connectivity index (χ0v) is 8.60. The standard InChI is InChI=1S/C11H12OS/c1-8(2)13-10-4-3-9-5-6-12-11(9)7-10/h3-8H,1-2H3. The second-order valence-electron chi connectivity index (χ2n) is 3.29. The number of thioether (sulfide) groups is 1. The Morgan fingerprint density at radius 3 is 2.85 bits per heavy atom. The summed E-state index contributed by atoms with van der Waals surface area (Å²) in [6.45, 7) is 4.38. The largest absolute Gasteiger partial charge is 0.464 e. The molecule has 0 saturated heterocycles. The van der Waals surface area contributed by atoms with E-state index in [1.807, 2.05) is 17.8 Å². The zero-order valence-electron chi connectivity index (χ0n) is 7.78. The third-order valence-electron chi connectivity index (χ3n) is 1.80. The summed E-state index contributed by atoms with van der Waals surface area (Å²) in [7, 11) is 0. The van der Waals surface area contributed by atoms with Crippen LogP contribution in [-0.4, -0.2) is 5.25 Å². The van der Waals surface area contributed by atoms with Crippen molar-refractivity contribution in [1.82, 2.24) is 0 Å². The Hall–Kier alpha value is -0.890. The third-order valence-corrected chi connectivity index (χ3v) is 2.80. The second-order valence-corrected chi connectivity index (χ2v) is 4.94. The van der Waals surface area contributed by atoms with Gasteiger partial charge in [0.25, 0.3) is 0 Å². The van der Waals surface area contributed by atoms with Gasteiger partial charge in [-0.05, 0) is 18.2 Å². The Labute approximate surface area is 82.1 Å². The highest BCUT2D eigenvalue weighted by atomic mass is 32.2. The monoisotopic (exact) mass is 192 g/mol. The van der Waals surface area contributed by atoms with Crippen molar-refractivity contribution in [2.75, 3.05) is 0 Å². The zero-order chi connectivity index (χ0) is 9.26. The van der Waals surface area contributed by atoms with Crippen LogP contribution in [0.3, 0.4) is 0 Å². The lowest BCUT2D eigenvalue weighted by Crippen LogP contribution is -1.84. The molecule has 0 spiro atoms. The SMILES string of the molecule is CC(C)Sc1ccc2ccoc2c1. The molecule has 1 aromatic carbocycles. The Kier molecular flexibility index (Phi) is 2.32. The van der Waals surface area contributed by atoms with Crippen LogP contribution in [0.4, 0.5) is 0 Å². The molecule has 0 amide bonds. The van der Waals surface area contributed by atoms with Crippen LogP contribution in [0.15, 0.2) is 39.8 Å². The average Bonchev–Trinajstić information content (AvgIpc) is 2.49. The first kappa shape index (κ1) is 8.70. The van der Waals surface area contributed by atoms with Gasteiger partial charge in [0.15, 0.2) is 0 Å². The fourth-order valence-corrected chi connectivity index (χ4v) is 2.15. The van der Waals surface area contributed by atoms with Crippen LogP contribution in [-0.2, 0) is 0 Å². The Morgan fingerprint density at radius 2 is 2.08 bits per heavy atom. The molecule has 0 radical (unpaired) electrons. The van der Waals surface area contributed by atoms with Crippen LogP contribution in [0, 0.1) is 0 Å². The molecule has 2 heteroatoms. The molecule has 1 heterocycles. The summed E-state index contributed by atoms with van der Waals surface area (Å²) < 4.78 is 5.33. The van der Waals surface area contributed by atoms with E-state index >= 15 is 0 Å². The lowest BCUT2D eigenvalue weighted by atomic mass is 10.3. The average molecular weight is 192 g/mol. The number of hydrogen-bond acceptors (Lipinski definition) is 2. The lowest BCUT2D eigenvalue weighted by Gasteiger charge is -2.03. The third kappa shape index (κ3) is 1.89. The first-order valence-electron chi connectivity index (χ1n) is 4.39. The molecule has 1 aromatic heterocycles. The van der Waals surface area contributed by atoms with E-state index in [9.17, 15) is 0 Å². The van der Waals surface area contributed by atoms with Gasteiger partial charge in [0.1, 0.15) is 5.58 Å². The smallest absolute Gasteiger partial charge is 0.134 e. The second kappa shape index (κ2) is 3.46. The van der Waals surface area contributed by atoms with Gasteiger partial charge < -0.3 is 4.42 Å². The van der Waals surface area contributed by atoms with Crippen molar-refractivity contribution >= 4 is 22.7 Å². The maximum Gasteiger partial charge on any atom is 0.134 e. The topological polar surface area (TPSA) is 13.1 Å². The van der Waals surface area contributed by atoms with E-state index in [0.717, 1.165) is 5.58 Å². The molecule has 0 aliphatic rings. The number of fused-ring (bicyclic) bond motifs is 1. The van der Waals surface area contributed by atoms with Gasteiger partial charge in [-0.1, -0.05) is 19.9 Å². The normalized spacial score (nSPS) is 11.3. The number of rotatable bonds is 2. The van der Waals surface area contributed by atoms with Crippen LogP contribution in [0.25, 0.3) is 11.0 Å². The lowest BCUT2D eigenvalue weighted by molar-refractivity contribution is 0.615. The highest BCUT2D eigenvalue weighted by Gasteiger charge is 2.01. The van der Waals surface area contributed by atoms with Gasteiger partial charge in [-0.15, -0.1) is 11.8 Å². The molecule has 0 bridgehead atoms. The molecule has 68 valence electrons. The van der Waals surface area contributed by atoms with Crippen molar-refractivity contribution in [1.29, 1.82) is 0 Å². The summed E-state index contributed by atoms with van der Waals surface area (Å²) in [5, 5.41) is 1.79. The minimum atomic E-state index is 0.618. The maximum atomic E-state index is 5.33. The summed E-state index contributed by atoms with van der Waals surface area (Å²) in [6.07, 6.45) is 1.73. The predicted octanol–water partition coefficient (Wildman–Crippen LogP) is 3.93. The van der Waals surface area contributed by atoms with Crippen molar-refractivity contribution in [3.05, 3.63) is 30.5 Å². The van der Waals surface area contributed by atoms with Gasteiger partial charge in [-0.25, -0.2) is 0 Å². The molecule has 0 atom stereocenters. The quantitative estimate of drug-likeness (QED) is 0.669. The highest BCUT2D eigenvalue weighted by Crippen LogP contribution is 2.26. The summed E-state index contributed by atoms with van der Waals surface area (Å²) in [5.74, 6) is 0. The van der Waals surface area contributed by atoms with Crippen LogP contribution in [0.1, 0.15) is 13.8 Å². The van der Waals surface area contributed by atoms with E-state index in [4.69, 9.17) is 4.42 Å². The van der Waals surface area contributed by atoms with Crippen LogP contribution in [0.5, 0.6) is 0 Å². The maximum absolute atomic E-state index is 5.33. The van der Waals surface area contributed by atoms with Crippen LogP contribution < -0.4 is 0 Å². The molecule has 0 saturated carbocycles. The van der Waals surface area contributed by atoms with Gasteiger partial charge >= 0.3 is 0 Å². The van der Waals surface area contributed by atoms with Crippen LogP contribution in [0.2, 0.25) is 0 Å². The van der Waals surface area contributed by atoms with Crippen molar-refractivity contribution in [3.8, 4) is 0 Å². The molecule has 0 aliphatic carbocycles. The van der Waals surface area contributed by atoms with Crippen LogP contribution >= 0.6 is 11.8 Å². The molecule has 13 heavy (non-hydrogen) atoms. The van der Waals surface area contributed by atoms with E-state index < -0.39 is 0 Å². The number of benzene rings is 1. The van der Waals surface area contributed by atoms with Crippen molar-refractivity contribution in [2.45, 2.75) is 24.0 Å². The predicted molar refractivity (Wildman–Crippen MR) is 57.2 cm³/mol. The molecule has 0 N–H and O–H groups in total. The highest BCUT2D eigenvalue weighted by molar-refractivity contribution is 7.99. The van der Waals surface area contributed by atoms with Gasteiger partial charge in [-0.3, -0.25) is 0 Å². The Balaban J connectivity index is 2.37. The molecular weight excluding hydrogens is 180 g/mol. The molecule has 0 aliphatic heterocycles. The minimum absolute atomic E-state index is 0.618. The van der Waals surface area contributed by atoms with Gasteiger partial charge in [-0.2, -0.15) is 0 Å². The Morgan fingerprint density at radius 1 is 1.23 bits per heavy atom. The fraction of sp³-hybridized carbons (Fsp3) is 0.273. The van der Waals surface area contributed by atoms with Gasteiger partial charge in [0, 0.05) is 15.5 Å². The van der Waals surface area contributed by atoms with Crippen molar-refractivity contribution in [2.24, 2.45) is 0 Å². The summed E-state index contributed by atoms with van der Waals surface area (Å²) >= 11 is 1.86. The molecule has 0 unspecified atom stereocenters. The van der Waals surface area contributed by atoms with E-state index in [1.165, 1.54) is 10.3 Å². The molecular formula is C11H12OS. The first-order chi connectivity index (χ1) is 6.25. The fourth-order valence-electron chi connectivity index (χ4n) is 1.28. The number of furan rings is 1. The Bertz CT molecular complexity index is 403. The summed E-state index contributed by atoms with van der Waals surface area (Å²) in [5.41, 5.74) is 0.977. The summed E-state index contributed by atoms with van der Waals surface area (Å²) in [6, 6.07) is 8.32. The van der Waals surface area contributed by atoms with E-state index in [-0.39, 0.29) is 0 Å². The van der Waals surface area contributed by atoms with E-state index in [1.54, 1.807) is 6.26 Å². The van der Waals surface area contributed by atoms with Crippen molar-refractivity contribution in [3.63, 3.8) is 0 Å². The van der Waals surface area contributed by atoms with E-state index in [2.05, 4.69) is 32.0 Å². The molecule has 2 aromatic rings. The van der Waals surface area contributed by atoms with E-state index in [0.29, 0.717) is 5.25 Å². The first-order valence-corrected chi connectivity index (χ1v) is 5.27. The molecule has 2 rings (SSSR count). The van der Waals surface area contributed by atoms with Gasteiger partial charge in [0.05, 0.1) is 6.26 Å². The number of hydrogen-bond donors (Lipinski definition) is 0. The van der Waals surface area contributed by atoms with Crippen molar-refractivity contribution < 1.29 is 4.42 Å². The minimum Gasteiger partial charge on any atom is -0.464 e. The van der Waals surface area contributed by atoms with Gasteiger partial charge in [0.2, 0.25) is 0 Å². The molecule has 0 fully saturated rings. The summed E-state index contributed by atoms with van der Waals surface area (Å²) in [4.78, 5) is 1.28. The molecule has 1 nitrogen and oxygen atoms in total.